The van der Waals surface area contributed by atoms with E-state index in [1.807, 2.05) is 18.2 Å². The number of hydrogen-bond donors (Lipinski definition) is 0. The minimum Gasteiger partial charge on any atom is -0.338 e. The summed E-state index contributed by atoms with van der Waals surface area (Å²) in [6.45, 7) is 0.0994. The maximum absolute atomic E-state index is 13.4. The SMILES string of the molecule is O=C(Cn1ccc2ncc(-c3ccncc3Cl)cc21)c1cccc(F)c1. The molecule has 1 aromatic carbocycles. The third-order valence-corrected chi connectivity index (χ3v) is 4.46. The first-order valence-electron chi connectivity index (χ1n) is 7.95. The quantitative estimate of drug-likeness (QED) is 0.489. The number of rotatable bonds is 4. The average Bonchev–Trinajstić information content (AvgIpc) is 3.04. The zero-order valence-corrected chi connectivity index (χ0v) is 14.3. The number of benzene rings is 1. The lowest BCUT2D eigenvalue weighted by atomic mass is 10.1. The van der Waals surface area contributed by atoms with E-state index in [0.29, 0.717) is 10.6 Å². The van der Waals surface area contributed by atoms with E-state index < -0.39 is 5.82 Å². The van der Waals surface area contributed by atoms with Crippen LogP contribution in [0.4, 0.5) is 4.39 Å². The zero-order chi connectivity index (χ0) is 18.1. The van der Waals surface area contributed by atoms with E-state index in [2.05, 4.69) is 9.97 Å². The molecule has 26 heavy (non-hydrogen) atoms. The van der Waals surface area contributed by atoms with Crippen LogP contribution in [0.2, 0.25) is 5.02 Å². The van der Waals surface area contributed by atoms with E-state index in [1.54, 1.807) is 35.4 Å². The van der Waals surface area contributed by atoms with Gasteiger partial charge in [-0.1, -0.05) is 23.7 Å². The number of carbonyl (C=O) groups is 1. The van der Waals surface area contributed by atoms with Gasteiger partial charge in [0.15, 0.2) is 5.78 Å². The Morgan fingerprint density at radius 1 is 1.15 bits per heavy atom. The van der Waals surface area contributed by atoms with Crippen LogP contribution in [0.25, 0.3) is 22.2 Å². The Hall–Kier alpha value is -3.05. The molecule has 4 rings (SSSR count). The lowest BCUT2D eigenvalue weighted by Crippen LogP contribution is -2.09. The van der Waals surface area contributed by atoms with Crippen LogP contribution < -0.4 is 0 Å². The molecule has 0 amide bonds. The third-order valence-electron chi connectivity index (χ3n) is 4.16. The minimum atomic E-state index is -0.426. The minimum absolute atomic E-state index is 0.0994. The van der Waals surface area contributed by atoms with E-state index in [4.69, 9.17) is 11.6 Å². The van der Waals surface area contributed by atoms with Gasteiger partial charge in [-0.05, 0) is 30.3 Å². The van der Waals surface area contributed by atoms with Crippen molar-refractivity contribution in [3.05, 3.63) is 83.7 Å². The van der Waals surface area contributed by atoms with Gasteiger partial charge < -0.3 is 4.57 Å². The first-order valence-corrected chi connectivity index (χ1v) is 8.33. The maximum Gasteiger partial charge on any atom is 0.182 e. The summed E-state index contributed by atoms with van der Waals surface area (Å²) < 4.78 is 15.2. The summed E-state index contributed by atoms with van der Waals surface area (Å²) in [7, 11) is 0. The highest BCUT2D eigenvalue weighted by molar-refractivity contribution is 6.33. The number of nitrogens with zero attached hydrogens (tertiary/aromatic N) is 3. The number of Topliss-reactive ketones (excluding diaryl/α,β-unsaturated/α-hetero) is 1. The Morgan fingerprint density at radius 3 is 2.85 bits per heavy atom. The molecule has 3 heterocycles. The molecule has 0 fully saturated rings. The predicted molar refractivity (Wildman–Crippen MR) is 98.7 cm³/mol. The second kappa shape index (κ2) is 6.69. The number of pyridine rings is 2. The number of hydrogen-bond acceptors (Lipinski definition) is 3. The van der Waals surface area contributed by atoms with Crippen LogP contribution in [-0.2, 0) is 6.54 Å². The van der Waals surface area contributed by atoms with Crippen LogP contribution in [0.5, 0.6) is 0 Å². The van der Waals surface area contributed by atoms with Gasteiger partial charge in [-0.15, -0.1) is 0 Å². The summed E-state index contributed by atoms with van der Waals surface area (Å²) in [6.07, 6.45) is 6.78. The molecule has 0 saturated heterocycles. The van der Waals surface area contributed by atoms with Gasteiger partial charge in [0.1, 0.15) is 5.82 Å². The van der Waals surface area contributed by atoms with E-state index in [-0.39, 0.29) is 12.3 Å². The van der Waals surface area contributed by atoms with Gasteiger partial charge in [0.2, 0.25) is 0 Å². The second-order valence-electron chi connectivity index (χ2n) is 5.86. The molecular weight excluding hydrogens is 353 g/mol. The molecule has 0 saturated carbocycles. The Labute approximate surface area is 153 Å². The standard InChI is InChI=1S/C20H13ClFN3O/c21-17-11-23-6-4-16(17)14-9-19-18(24-10-14)5-7-25(19)12-20(26)13-2-1-3-15(22)8-13/h1-11H,12H2. The molecule has 6 heteroatoms. The summed E-state index contributed by atoms with van der Waals surface area (Å²) in [5, 5.41) is 0.530. The van der Waals surface area contributed by atoms with Gasteiger partial charge in [-0.2, -0.15) is 0 Å². The molecular formula is C20H13ClFN3O. The lowest BCUT2D eigenvalue weighted by Gasteiger charge is -2.07. The molecule has 0 radical (unpaired) electrons. The van der Waals surface area contributed by atoms with Crippen molar-refractivity contribution in [3.8, 4) is 11.1 Å². The largest absolute Gasteiger partial charge is 0.338 e. The molecule has 0 bridgehead atoms. The molecule has 128 valence electrons. The molecule has 0 aliphatic rings. The van der Waals surface area contributed by atoms with E-state index in [0.717, 1.165) is 22.2 Å². The van der Waals surface area contributed by atoms with Crippen LogP contribution in [-0.4, -0.2) is 20.3 Å². The zero-order valence-electron chi connectivity index (χ0n) is 13.6. The van der Waals surface area contributed by atoms with Crippen molar-refractivity contribution in [1.82, 2.24) is 14.5 Å². The fraction of sp³-hybridized carbons (Fsp3) is 0.0500. The second-order valence-corrected chi connectivity index (χ2v) is 6.27. The van der Waals surface area contributed by atoms with Crippen LogP contribution in [0.3, 0.4) is 0 Å². The van der Waals surface area contributed by atoms with Crippen molar-refractivity contribution in [2.45, 2.75) is 6.54 Å². The summed E-state index contributed by atoms with van der Waals surface area (Å²) in [6, 6.07) is 11.3. The van der Waals surface area contributed by atoms with Crippen LogP contribution in [0.1, 0.15) is 10.4 Å². The van der Waals surface area contributed by atoms with Gasteiger partial charge in [0, 0.05) is 41.5 Å². The Morgan fingerprint density at radius 2 is 2.04 bits per heavy atom. The Kier molecular flexibility index (Phi) is 4.22. The number of aromatic nitrogens is 3. The molecule has 0 aliphatic carbocycles. The molecule has 0 N–H and O–H groups in total. The summed E-state index contributed by atoms with van der Waals surface area (Å²) in [4.78, 5) is 20.9. The monoisotopic (exact) mass is 365 g/mol. The van der Waals surface area contributed by atoms with Crippen molar-refractivity contribution >= 4 is 28.4 Å². The van der Waals surface area contributed by atoms with Crippen molar-refractivity contribution < 1.29 is 9.18 Å². The Bertz CT molecular complexity index is 1120. The number of halogens is 2. The van der Waals surface area contributed by atoms with Gasteiger partial charge in [-0.3, -0.25) is 14.8 Å². The molecule has 0 atom stereocenters. The van der Waals surface area contributed by atoms with Crippen molar-refractivity contribution in [1.29, 1.82) is 0 Å². The maximum atomic E-state index is 13.4. The summed E-state index contributed by atoms with van der Waals surface area (Å²) in [5.74, 6) is -0.598. The topological polar surface area (TPSA) is 47.8 Å². The van der Waals surface area contributed by atoms with Gasteiger partial charge in [0.05, 0.1) is 22.6 Å². The van der Waals surface area contributed by atoms with E-state index >= 15 is 0 Å². The van der Waals surface area contributed by atoms with E-state index in [1.165, 1.54) is 18.2 Å². The first-order chi connectivity index (χ1) is 12.6. The average molecular weight is 366 g/mol. The van der Waals surface area contributed by atoms with Crippen LogP contribution in [0, 0.1) is 5.82 Å². The number of fused-ring (bicyclic) bond motifs is 1. The molecule has 4 nitrogen and oxygen atoms in total. The summed E-state index contributed by atoms with van der Waals surface area (Å²) in [5.41, 5.74) is 3.57. The normalized spacial score (nSPS) is 11.0. The molecule has 0 aliphatic heterocycles. The van der Waals surface area contributed by atoms with Gasteiger partial charge >= 0.3 is 0 Å². The van der Waals surface area contributed by atoms with Crippen molar-refractivity contribution in [2.24, 2.45) is 0 Å². The number of carbonyl (C=O) groups excluding carboxylic acids is 1. The number of ketones is 1. The Balaban J connectivity index is 1.71. The van der Waals surface area contributed by atoms with Gasteiger partial charge in [0.25, 0.3) is 0 Å². The highest BCUT2D eigenvalue weighted by Gasteiger charge is 2.12. The van der Waals surface area contributed by atoms with E-state index in [9.17, 15) is 9.18 Å². The lowest BCUT2D eigenvalue weighted by molar-refractivity contribution is 0.0973. The molecule has 3 aromatic heterocycles. The molecule has 0 unspecified atom stereocenters. The third kappa shape index (κ3) is 3.09. The highest BCUT2D eigenvalue weighted by Crippen LogP contribution is 2.28. The molecule has 0 spiro atoms. The van der Waals surface area contributed by atoms with Crippen molar-refractivity contribution in [2.75, 3.05) is 0 Å². The van der Waals surface area contributed by atoms with Gasteiger partial charge in [-0.25, -0.2) is 4.39 Å². The predicted octanol–water partition coefficient (Wildman–Crippen LogP) is 4.77. The fourth-order valence-corrected chi connectivity index (χ4v) is 3.09. The smallest absolute Gasteiger partial charge is 0.182 e. The van der Waals surface area contributed by atoms with Crippen LogP contribution in [0.15, 0.2) is 67.3 Å². The fourth-order valence-electron chi connectivity index (χ4n) is 2.87. The molecule has 4 aromatic rings. The first kappa shape index (κ1) is 16.4. The highest BCUT2D eigenvalue weighted by atomic mass is 35.5. The van der Waals surface area contributed by atoms with Crippen LogP contribution >= 0.6 is 11.6 Å². The van der Waals surface area contributed by atoms with Crippen molar-refractivity contribution in [3.63, 3.8) is 0 Å². The summed E-state index contributed by atoms with van der Waals surface area (Å²) >= 11 is 6.22.